The standard InChI is InChI=1S/C8H12.H2O.Rh/c1-2-4-6-8-7-5-3-1;;/h1-2,7-8H,3-6H2;1H2;/p-1. The minimum Gasteiger partial charge on any atom is -0.870 e. The molecule has 1 saturated carbocycles. The van der Waals surface area contributed by atoms with E-state index >= 15 is 0 Å². The van der Waals surface area contributed by atoms with E-state index in [1.807, 2.05) is 0 Å². The van der Waals surface area contributed by atoms with Crippen LogP contribution in [0.15, 0.2) is 0 Å². The number of rotatable bonds is 0. The van der Waals surface area contributed by atoms with Gasteiger partial charge in [-0.3, -0.25) is 0 Å². The minimum absolute atomic E-state index is 0. The molecule has 0 saturated heterocycles. The first-order valence-corrected chi connectivity index (χ1v) is 3.30. The molecule has 1 aliphatic rings. The molecule has 0 aliphatic heterocycles. The second-order valence-corrected chi connectivity index (χ2v) is 2.10. The van der Waals surface area contributed by atoms with Gasteiger partial charge in [0.25, 0.3) is 0 Å². The van der Waals surface area contributed by atoms with Gasteiger partial charge in [-0.25, -0.2) is 0 Å². The molecule has 1 fully saturated rings. The van der Waals surface area contributed by atoms with Crippen molar-refractivity contribution in [2.24, 2.45) is 0 Å². The summed E-state index contributed by atoms with van der Waals surface area (Å²) in [6.07, 6.45) is 14.0. The van der Waals surface area contributed by atoms with Crippen LogP contribution in [0.4, 0.5) is 0 Å². The molecule has 1 N–H and O–H groups in total. The average Bonchev–Trinajstić information content (AvgIpc) is 1.62. The van der Waals surface area contributed by atoms with Crippen molar-refractivity contribution in [2.75, 3.05) is 0 Å². The van der Waals surface area contributed by atoms with Gasteiger partial charge in [-0.15, -0.1) is 0 Å². The van der Waals surface area contributed by atoms with Gasteiger partial charge in [-0.05, 0) is 51.4 Å². The van der Waals surface area contributed by atoms with E-state index in [2.05, 4.69) is 25.7 Å². The van der Waals surface area contributed by atoms with Gasteiger partial charge in [0.05, 0.1) is 0 Å². The van der Waals surface area contributed by atoms with Crippen LogP contribution < -0.4 is 0 Å². The average molecular weight is 228 g/mol. The molecular formula is C8H13ORh-. The molecule has 0 amide bonds. The third-order valence-corrected chi connectivity index (χ3v) is 1.33. The van der Waals surface area contributed by atoms with Crippen molar-refractivity contribution < 1.29 is 25.0 Å². The Labute approximate surface area is 76.7 Å². The van der Waals surface area contributed by atoms with Gasteiger partial charge in [0.1, 0.15) is 0 Å². The van der Waals surface area contributed by atoms with E-state index in [0.717, 1.165) is 0 Å². The van der Waals surface area contributed by atoms with E-state index in [4.69, 9.17) is 0 Å². The molecule has 1 aliphatic carbocycles. The first kappa shape index (κ1) is 13.2. The zero-order chi connectivity index (χ0) is 5.66. The predicted octanol–water partition coefficient (Wildman–Crippen LogP) is 2.20. The van der Waals surface area contributed by atoms with Crippen LogP contribution in [0.25, 0.3) is 0 Å². The van der Waals surface area contributed by atoms with Crippen LogP contribution in [-0.4, -0.2) is 5.48 Å². The van der Waals surface area contributed by atoms with Gasteiger partial charge in [0.15, 0.2) is 0 Å². The van der Waals surface area contributed by atoms with Crippen molar-refractivity contribution in [3.8, 4) is 0 Å². The van der Waals surface area contributed by atoms with Crippen molar-refractivity contribution in [3.63, 3.8) is 0 Å². The maximum atomic E-state index is 2.27. The van der Waals surface area contributed by atoms with Crippen molar-refractivity contribution in [3.05, 3.63) is 25.7 Å². The number of hydrogen-bond acceptors (Lipinski definition) is 1. The first-order chi connectivity index (χ1) is 4.00. The van der Waals surface area contributed by atoms with Gasteiger partial charge >= 0.3 is 0 Å². The summed E-state index contributed by atoms with van der Waals surface area (Å²) in [6.45, 7) is 0. The molecule has 1 rings (SSSR count). The van der Waals surface area contributed by atoms with Crippen LogP contribution in [0, 0.1) is 25.7 Å². The largest absolute Gasteiger partial charge is 0.870 e. The third-order valence-electron chi connectivity index (χ3n) is 1.33. The fourth-order valence-electron chi connectivity index (χ4n) is 0.856. The molecule has 0 heterocycles. The van der Waals surface area contributed by atoms with Crippen molar-refractivity contribution in [1.29, 1.82) is 0 Å². The molecular weight excluding hydrogens is 215 g/mol. The summed E-state index contributed by atoms with van der Waals surface area (Å²) < 4.78 is 0. The van der Waals surface area contributed by atoms with E-state index in [-0.39, 0.29) is 25.0 Å². The molecule has 0 aromatic carbocycles. The zero-order valence-electron chi connectivity index (χ0n) is 5.92. The fourth-order valence-corrected chi connectivity index (χ4v) is 0.856. The molecule has 0 spiro atoms. The Morgan fingerprint density at radius 3 is 1.00 bits per heavy atom. The first-order valence-electron chi connectivity index (χ1n) is 3.30. The smallest absolute Gasteiger partial charge is 0 e. The molecule has 0 aromatic rings. The molecule has 10 heavy (non-hydrogen) atoms. The summed E-state index contributed by atoms with van der Waals surface area (Å²) in [6, 6.07) is 0. The molecule has 2 heteroatoms. The van der Waals surface area contributed by atoms with Crippen molar-refractivity contribution in [2.45, 2.75) is 25.7 Å². The molecule has 0 unspecified atom stereocenters. The Kier molecular flexibility index (Phi) is 12.6. The Balaban J connectivity index is 0. The Bertz CT molecular complexity index is 33.2. The number of hydrogen-bond donors (Lipinski definition) is 0. The molecule has 0 bridgehead atoms. The monoisotopic (exact) mass is 228 g/mol. The Hall–Kier alpha value is 0.583. The van der Waals surface area contributed by atoms with Crippen LogP contribution in [0.1, 0.15) is 25.7 Å². The second-order valence-electron chi connectivity index (χ2n) is 2.10. The summed E-state index contributed by atoms with van der Waals surface area (Å²) in [7, 11) is 0. The quantitative estimate of drug-likeness (QED) is 0.584. The van der Waals surface area contributed by atoms with Gasteiger partial charge in [0, 0.05) is 19.5 Å². The molecule has 0 aromatic heterocycles. The maximum Gasteiger partial charge on any atom is 0 e. The molecule has 61 valence electrons. The van der Waals surface area contributed by atoms with Gasteiger partial charge in [-0.2, -0.15) is 0 Å². The van der Waals surface area contributed by atoms with Crippen LogP contribution in [-0.2, 0) is 19.5 Å². The van der Waals surface area contributed by atoms with Crippen molar-refractivity contribution in [1.82, 2.24) is 0 Å². The Morgan fingerprint density at radius 1 is 0.600 bits per heavy atom. The van der Waals surface area contributed by atoms with E-state index < -0.39 is 0 Å². The summed E-state index contributed by atoms with van der Waals surface area (Å²) in [5.41, 5.74) is 0. The topological polar surface area (TPSA) is 30.0 Å². The van der Waals surface area contributed by atoms with Crippen LogP contribution in [0.3, 0.4) is 0 Å². The summed E-state index contributed by atoms with van der Waals surface area (Å²) >= 11 is 0. The van der Waals surface area contributed by atoms with E-state index in [1.54, 1.807) is 0 Å². The maximum absolute atomic E-state index is 2.27. The van der Waals surface area contributed by atoms with Gasteiger partial charge in [-0.1, -0.05) is 0 Å². The zero-order valence-corrected chi connectivity index (χ0v) is 7.56. The van der Waals surface area contributed by atoms with E-state index in [0.29, 0.717) is 0 Å². The SMILES string of the molecule is [CH]1[CH]CC[CH][CH]CC1.[OH-].[Rh]. The molecule has 5 radical (unpaired) electrons. The summed E-state index contributed by atoms with van der Waals surface area (Å²) in [4.78, 5) is 0. The molecule has 0 atom stereocenters. The Morgan fingerprint density at radius 2 is 0.800 bits per heavy atom. The minimum atomic E-state index is 0. The normalized spacial score (nSPS) is 19.2. The fraction of sp³-hybridized carbons (Fsp3) is 0.500. The summed E-state index contributed by atoms with van der Waals surface area (Å²) in [5, 5.41) is 0. The van der Waals surface area contributed by atoms with Crippen LogP contribution >= 0.6 is 0 Å². The van der Waals surface area contributed by atoms with Gasteiger partial charge in [0.2, 0.25) is 0 Å². The van der Waals surface area contributed by atoms with Gasteiger partial charge < -0.3 is 5.48 Å². The second kappa shape index (κ2) is 9.58. The summed E-state index contributed by atoms with van der Waals surface area (Å²) in [5.74, 6) is 0. The third kappa shape index (κ3) is 6.70. The van der Waals surface area contributed by atoms with E-state index in [9.17, 15) is 0 Å². The van der Waals surface area contributed by atoms with Crippen molar-refractivity contribution >= 4 is 0 Å². The van der Waals surface area contributed by atoms with E-state index in [1.165, 1.54) is 25.7 Å². The predicted molar refractivity (Wildman–Crippen MR) is 37.6 cm³/mol. The van der Waals surface area contributed by atoms with Crippen LogP contribution in [0.5, 0.6) is 0 Å². The molecule has 1 nitrogen and oxygen atoms in total. The van der Waals surface area contributed by atoms with Crippen LogP contribution in [0.2, 0.25) is 0 Å².